The number of carbonyl (C=O) groups excluding carboxylic acids is 1. The zero-order valence-corrected chi connectivity index (χ0v) is 19.3. The molecule has 1 N–H and O–H groups in total. The molecule has 31 heavy (non-hydrogen) atoms. The SMILES string of the molecule is CC[C@H](NC(=O)[C@H](CC)N(c1cccc([N+](=O)[O-])c1)S(C)(=O)=O)c1ccc(C)cc1C. The molecule has 1 amide bonds. The molecule has 0 radical (unpaired) electrons. The van der Waals surface area contributed by atoms with Gasteiger partial charge in [-0.25, -0.2) is 8.42 Å². The van der Waals surface area contributed by atoms with E-state index in [4.69, 9.17) is 0 Å². The van der Waals surface area contributed by atoms with Gasteiger partial charge in [-0.15, -0.1) is 0 Å². The van der Waals surface area contributed by atoms with E-state index >= 15 is 0 Å². The van der Waals surface area contributed by atoms with Crippen LogP contribution >= 0.6 is 0 Å². The van der Waals surface area contributed by atoms with Gasteiger partial charge >= 0.3 is 0 Å². The summed E-state index contributed by atoms with van der Waals surface area (Å²) in [6.07, 6.45) is 1.82. The van der Waals surface area contributed by atoms with Crippen LogP contribution in [0.3, 0.4) is 0 Å². The highest BCUT2D eigenvalue weighted by Gasteiger charge is 2.33. The van der Waals surface area contributed by atoms with Crippen molar-refractivity contribution in [3.8, 4) is 0 Å². The summed E-state index contributed by atoms with van der Waals surface area (Å²) < 4.78 is 26.2. The van der Waals surface area contributed by atoms with Gasteiger partial charge in [0.2, 0.25) is 15.9 Å². The second-order valence-electron chi connectivity index (χ2n) is 7.59. The van der Waals surface area contributed by atoms with Crippen LogP contribution < -0.4 is 9.62 Å². The number of hydrogen-bond acceptors (Lipinski definition) is 5. The lowest BCUT2D eigenvalue weighted by atomic mass is 9.97. The molecule has 0 saturated carbocycles. The molecule has 168 valence electrons. The Bertz CT molecular complexity index is 1070. The molecular formula is C22H29N3O5S. The lowest BCUT2D eigenvalue weighted by molar-refractivity contribution is -0.384. The van der Waals surface area contributed by atoms with Crippen molar-refractivity contribution in [3.05, 3.63) is 69.3 Å². The predicted octanol–water partition coefficient (Wildman–Crippen LogP) is 4.02. The quantitative estimate of drug-likeness (QED) is 0.461. The first kappa shape index (κ1) is 24.3. The maximum Gasteiger partial charge on any atom is 0.271 e. The van der Waals surface area contributed by atoms with E-state index < -0.39 is 26.9 Å². The minimum absolute atomic E-state index is 0.0817. The van der Waals surface area contributed by atoms with E-state index in [9.17, 15) is 23.3 Å². The van der Waals surface area contributed by atoms with Crippen LogP contribution in [0.5, 0.6) is 0 Å². The topological polar surface area (TPSA) is 110 Å². The fraction of sp³-hybridized carbons (Fsp3) is 0.409. The number of anilines is 1. The molecule has 0 aliphatic carbocycles. The number of amides is 1. The smallest absolute Gasteiger partial charge is 0.271 e. The number of non-ortho nitro benzene ring substituents is 1. The number of nitro benzene ring substituents is 1. The van der Waals surface area contributed by atoms with Crippen molar-refractivity contribution in [2.75, 3.05) is 10.6 Å². The lowest BCUT2D eigenvalue weighted by Crippen LogP contribution is -2.50. The highest BCUT2D eigenvalue weighted by Crippen LogP contribution is 2.28. The average molecular weight is 448 g/mol. The molecule has 2 rings (SSSR count). The Kier molecular flexibility index (Phi) is 7.78. The summed E-state index contributed by atoms with van der Waals surface area (Å²) in [6, 6.07) is 9.94. The number of nitrogens with one attached hydrogen (secondary N) is 1. The Morgan fingerprint density at radius 3 is 2.32 bits per heavy atom. The van der Waals surface area contributed by atoms with Gasteiger partial charge in [-0.3, -0.25) is 19.2 Å². The highest BCUT2D eigenvalue weighted by atomic mass is 32.2. The molecule has 0 heterocycles. The van der Waals surface area contributed by atoms with Crippen LogP contribution in [0.1, 0.15) is 49.4 Å². The first-order valence-electron chi connectivity index (χ1n) is 10.1. The van der Waals surface area contributed by atoms with Crippen molar-refractivity contribution in [1.29, 1.82) is 0 Å². The first-order valence-corrected chi connectivity index (χ1v) is 12.0. The van der Waals surface area contributed by atoms with Gasteiger partial charge in [0, 0.05) is 12.1 Å². The summed E-state index contributed by atoms with van der Waals surface area (Å²) in [5.41, 5.74) is 2.96. The molecule has 0 aliphatic heterocycles. The van der Waals surface area contributed by atoms with Crippen LogP contribution in [0, 0.1) is 24.0 Å². The number of nitrogens with zero attached hydrogens (tertiary/aromatic N) is 2. The predicted molar refractivity (Wildman–Crippen MR) is 122 cm³/mol. The maximum absolute atomic E-state index is 13.2. The molecule has 2 atom stereocenters. The largest absolute Gasteiger partial charge is 0.347 e. The summed E-state index contributed by atoms with van der Waals surface area (Å²) in [4.78, 5) is 23.8. The Labute approximate surface area is 183 Å². The van der Waals surface area contributed by atoms with Gasteiger partial charge in [-0.2, -0.15) is 0 Å². The molecule has 2 aromatic rings. The van der Waals surface area contributed by atoms with Crippen molar-refractivity contribution in [1.82, 2.24) is 5.32 Å². The van der Waals surface area contributed by atoms with Crippen molar-refractivity contribution >= 4 is 27.3 Å². The maximum atomic E-state index is 13.2. The van der Waals surface area contributed by atoms with Gasteiger partial charge in [0.05, 0.1) is 22.9 Å². The van der Waals surface area contributed by atoms with E-state index in [-0.39, 0.29) is 23.8 Å². The third kappa shape index (κ3) is 5.81. The van der Waals surface area contributed by atoms with E-state index in [1.54, 1.807) is 6.92 Å². The molecule has 0 spiro atoms. The van der Waals surface area contributed by atoms with Crippen LogP contribution in [-0.2, 0) is 14.8 Å². The van der Waals surface area contributed by atoms with Crippen molar-refractivity contribution in [2.24, 2.45) is 0 Å². The molecular weight excluding hydrogens is 418 g/mol. The number of nitro groups is 1. The molecule has 8 nitrogen and oxygen atoms in total. The van der Waals surface area contributed by atoms with E-state index in [0.717, 1.165) is 27.3 Å². The fourth-order valence-corrected chi connectivity index (χ4v) is 4.89. The molecule has 0 aliphatic rings. The number of carbonyl (C=O) groups is 1. The number of benzene rings is 2. The summed E-state index contributed by atoms with van der Waals surface area (Å²) >= 11 is 0. The summed E-state index contributed by atoms with van der Waals surface area (Å²) in [5.74, 6) is -0.453. The molecule has 9 heteroatoms. The van der Waals surface area contributed by atoms with E-state index in [1.165, 1.54) is 24.3 Å². The normalized spacial score (nSPS) is 13.3. The van der Waals surface area contributed by atoms with Gasteiger partial charge in [0.1, 0.15) is 6.04 Å². The van der Waals surface area contributed by atoms with Crippen LogP contribution in [0.2, 0.25) is 0 Å². The van der Waals surface area contributed by atoms with Crippen molar-refractivity contribution in [3.63, 3.8) is 0 Å². The fourth-order valence-electron chi connectivity index (χ4n) is 3.69. The van der Waals surface area contributed by atoms with Gasteiger partial charge in [-0.05, 0) is 43.9 Å². The van der Waals surface area contributed by atoms with Crippen LogP contribution in [0.4, 0.5) is 11.4 Å². The van der Waals surface area contributed by atoms with Gasteiger partial charge in [-0.1, -0.05) is 43.7 Å². The summed E-state index contributed by atoms with van der Waals surface area (Å²) in [7, 11) is -3.89. The Balaban J connectivity index is 2.42. The van der Waals surface area contributed by atoms with E-state index in [2.05, 4.69) is 5.32 Å². The van der Waals surface area contributed by atoms with Crippen molar-refractivity contribution < 1.29 is 18.1 Å². The van der Waals surface area contributed by atoms with Crippen LogP contribution in [0.15, 0.2) is 42.5 Å². The molecule has 2 aromatic carbocycles. The zero-order valence-electron chi connectivity index (χ0n) is 18.5. The van der Waals surface area contributed by atoms with Gasteiger partial charge in [0.15, 0.2) is 0 Å². The van der Waals surface area contributed by atoms with Crippen LogP contribution in [0.25, 0.3) is 0 Å². The monoisotopic (exact) mass is 447 g/mol. The Morgan fingerprint density at radius 2 is 1.81 bits per heavy atom. The van der Waals surface area contributed by atoms with Crippen molar-refractivity contribution in [2.45, 2.75) is 52.6 Å². The van der Waals surface area contributed by atoms with E-state index in [1.807, 2.05) is 39.0 Å². The van der Waals surface area contributed by atoms with E-state index in [0.29, 0.717) is 6.42 Å². The Hall–Kier alpha value is -2.94. The molecule has 0 unspecified atom stereocenters. The molecule has 0 aromatic heterocycles. The number of hydrogen-bond donors (Lipinski definition) is 1. The Morgan fingerprint density at radius 1 is 1.13 bits per heavy atom. The third-order valence-corrected chi connectivity index (χ3v) is 6.33. The molecule has 0 saturated heterocycles. The first-order chi connectivity index (χ1) is 14.5. The third-order valence-electron chi connectivity index (χ3n) is 5.15. The summed E-state index contributed by atoms with van der Waals surface area (Å²) in [5, 5.41) is 14.1. The lowest BCUT2D eigenvalue weighted by Gasteiger charge is -2.31. The highest BCUT2D eigenvalue weighted by molar-refractivity contribution is 7.92. The molecule has 0 fully saturated rings. The average Bonchev–Trinajstić information content (AvgIpc) is 2.69. The second-order valence-corrected chi connectivity index (χ2v) is 9.45. The van der Waals surface area contributed by atoms with Gasteiger partial charge in [0.25, 0.3) is 5.69 Å². The molecule has 0 bridgehead atoms. The number of aryl methyl sites for hydroxylation is 2. The standard InChI is InChI=1S/C22H29N3O5S/c1-6-20(19-12-11-15(3)13-16(19)4)23-22(26)21(7-2)24(31(5,29)30)17-9-8-10-18(14-17)25(27)28/h8-14,20-21H,6-7H2,1-5H3,(H,23,26)/t20-,21-/m0/s1. The minimum Gasteiger partial charge on any atom is -0.347 e. The second kappa shape index (κ2) is 9.91. The number of rotatable bonds is 9. The number of sulfonamides is 1. The summed E-state index contributed by atoms with van der Waals surface area (Å²) in [6.45, 7) is 7.62. The van der Waals surface area contributed by atoms with Crippen LogP contribution in [-0.4, -0.2) is 31.5 Å². The zero-order chi connectivity index (χ0) is 23.3. The van der Waals surface area contributed by atoms with Gasteiger partial charge < -0.3 is 5.32 Å². The minimum atomic E-state index is -3.89.